The van der Waals surface area contributed by atoms with Gasteiger partial charge in [-0.2, -0.15) is 13.2 Å². The van der Waals surface area contributed by atoms with Crippen LogP contribution in [0.25, 0.3) is 0 Å². The number of carbonyl (C=O) groups is 2. The summed E-state index contributed by atoms with van der Waals surface area (Å²) in [6.07, 6.45) is -4.13. The van der Waals surface area contributed by atoms with Gasteiger partial charge in [0.2, 0.25) is 5.91 Å². The molecule has 0 bridgehead atoms. The van der Waals surface area contributed by atoms with Crippen molar-refractivity contribution in [3.05, 3.63) is 62.5 Å². The van der Waals surface area contributed by atoms with Crippen LogP contribution in [0.15, 0.2) is 35.3 Å². The number of ketones is 1. The van der Waals surface area contributed by atoms with Crippen LogP contribution in [0.4, 0.5) is 18.9 Å². The highest BCUT2D eigenvalue weighted by atomic mass is 35.5. The third-order valence-corrected chi connectivity index (χ3v) is 4.45. The Morgan fingerprint density at radius 3 is 2.62 bits per heavy atom. The van der Waals surface area contributed by atoms with Crippen molar-refractivity contribution >= 4 is 29.0 Å². The van der Waals surface area contributed by atoms with Crippen molar-refractivity contribution in [3.63, 3.8) is 0 Å². The van der Waals surface area contributed by atoms with Crippen LogP contribution in [0.3, 0.4) is 0 Å². The Kier molecular flexibility index (Phi) is 4.39. The van der Waals surface area contributed by atoms with Gasteiger partial charge in [0, 0.05) is 17.4 Å². The number of amides is 1. The fourth-order valence-corrected chi connectivity index (χ4v) is 2.93. The monoisotopic (exact) mass is 384 g/mol. The number of aromatic nitrogens is 1. The maximum atomic E-state index is 12.9. The molecule has 1 aliphatic heterocycles. The van der Waals surface area contributed by atoms with Crippen molar-refractivity contribution in [3.8, 4) is 0 Å². The van der Waals surface area contributed by atoms with Crippen molar-refractivity contribution in [1.29, 1.82) is 0 Å². The molecule has 1 atom stereocenters. The molecule has 2 heterocycles. The molecule has 2 aromatic rings. The Bertz CT molecular complexity index is 982. The van der Waals surface area contributed by atoms with Crippen LogP contribution in [-0.2, 0) is 17.5 Å². The zero-order valence-corrected chi connectivity index (χ0v) is 14.1. The Morgan fingerprint density at radius 2 is 1.96 bits per heavy atom. The Balaban J connectivity index is 1.93. The number of carbonyl (C=O) groups excluding carboxylic acids is 2. The minimum atomic E-state index is -4.70. The Labute approximate surface area is 150 Å². The lowest BCUT2D eigenvalue weighted by atomic mass is 9.99. The van der Waals surface area contributed by atoms with E-state index in [1.165, 1.54) is 12.1 Å². The topological polar surface area (TPSA) is 68.2 Å². The second-order valence-electron chi connectivity index (χ2n) is 5.94. The lowest BCUT2D eigenvalue weighted by Crippen LogP contribution is -2.26. The quantitative estimate of drug-likeness (QED) is 0.824. The average molecular weight is 385 g/mol. The molecule has 0 fully saturated rings. The van der Waals surface area contributed by atoms with Gasteiger partial charge in [-0.25, -0.2) is 0 Å². The molecule has 0 saturated heterocycles. The molecule has 1 amide bonds. The van der Waals surface area contributed by atoms with E-state index in [0.717, 1.165) is 0 Å². The maximum Gasteiger partial charge on any atom is 0.417 e. The van der Waals surface area contributed by atoms with Crippen molar-refractivity contribution in [2.45, 2.75) is 25.6 Å². The number of alkyl halides is 3. The zero-order valence-electron chi connectivity index (χ0n) is 13.4. The molecule has 5 nitrogen and oxygen atoms in total. The van der Waals surface area contributed by atoms with E-state index in [-0.39, 0.29) is 11.5 Å². The normalized spacial score (nSPS) is 16.3. The van der Waals surface area contributed by atoms with Crippen LogP contribution in [0.5, 0.6) is 0 Å². The van der Waals surface area contributed by atoms with Gasteiger partial charge >= 0.3 is 6.18 Å². The van der Waals surface area contributed by atoms with Crippen LogP contribution >= 0.6 is 11.6 Å². The molecule has 136 valence electrons. The van der Waals surface area contributed by atoms with Crippen LogP contribution < -0.4 is 10.9 Å². The van der Waals surface area contributed by atoms with Crippen molar-refractivity contribution < 1.29 is 22.8 Å². The summed E-state index contributed by atoms with van der Waals surface area (Å²) >= 11 is 5.58. The lowest BCUT2D eigenvalue weighted by molar-refractivity contribution is -0.138. The SMILES string of the molecule is C[C@H]1C(=O)Nc2ccc(C(=O)Cn3cc(C(F)(F)F)cc(Cl)c3=O)cc21. The molecule has 1 aromatic heterocycles. The van der Waals surface area contributed by atoms with E-state index in [9.17, 15) is 27.6 Å². The summed E-state index contributed by atoms with van der Waals surface area (Å²) in [7, 11) is 0. The third kappa shape index (κ3) is 3.24. The number of hydrogen-bond acceptors (Lipinski definition) is 3. The number of nitrogens with one attached hydrogen (secondary N) is 1. The van der Waals surface area contributed by atoms with Gasteiger partial charge < -0.3 is 9.88 Å². The molecule has 1 aromatic carbocycles. The minimum absolute atomic E-state index is 0.188. The highest BCUT2D eigenvalue weighted by Gasteiger charge is 2.32. The molecule has 0 radical (unpaired) electrons. The minimum Gasteiger partial charge on any atom is -0.325 e. The first-order chi connectivity index (χ1) is 12.1. The molecular formula is C17H12ClF3N2O3. The summed E-state index contributed by atoms with van der Waals surface area (Å²) in [4.78, 5) is 36.0. The van der Waals surface area contributed by atoms with Crippen LogP contribution in [0.1, 0.15) is 34.3 Å². The molecule has 0 spiro atoms. The number of benzene rings is 1. The number of anilines is 1. The molecule has 9 heteroatoms. The average Bonchev–Trinajstić information content (AvgIpc) is 2.84. The summed E-state index contributed by atoms with van der Waals surface area (Å²) in [6.45, 7) is 1.07. The third-order valence-electron chi connectivity index (χ3n) is 4.17. The number of fused-ring (bicyclic) bond motifs is 1. The number of hydrogen-bond donors (Lipinski definition) is 1. The largest absolute Gasteiger partial charge is 0.417 e. The lowest BCUT2D eigenvalue weighted by Gasteiger charge is -2.12. The van der Waals surface area contributed by atoms with Crippen molar-refractivity contribution in [2.24, 2.45) is 0 Å². The molecule has 26 heavy (non-hydrogen) atoms. The van der Waals surface area contributed by atoms with Crippen molar-refractivity contribution in [1.82, 2.24) is 4.57 Å². The predicted molar refractivity (Wildman–Crippen MR) is 88.5 cm³/mol. The summed E-state index contributed by atoms with van der Waals surface area (Å²) in [5.74, 6) is -1.22. The summed E-state index contributed by atoms with van der Waals surface area (Å²) < 4.78 is 39.2. The highest BCUT2D eigenvalue weighted by Crippen LogP contribution is 2.33. The van der Waals surface area contributed by atoms with Crippen LogP contribution in [0.2, 0.25) is 5.02 Å². The first kappa shape index (κ1) is 18.2. The molecule has 0 saturated carbocycles. The van der Waals surface area contributed by atoms with E-state index in [4.69, 9.17) is 11.6 Å². The summed E-state index contributed by atoms with van der Waals surface area (Å²) in [6, 6.07) is 5.02. The van der Waals surface area contributed by atoms with E-state index in [1.807, 2.05) is 0 Å². The van der Waals surface area contributed by atoms with Gasteiger partial charge in [-0.05, 0) is 36.8 Å². The molecule has 1 N–H and O–H groups in total. The maximum absolute atomic E-state index is 12.9. The second kappa shape index (κ2) is 6.28. The van der Waals surface area contributed by atoms with E-state index in [1.54, 1.807) is 13.0 Å². The first-order valence-corrected chi connectivity index (χ1v) is 7.91. The molecular weight excluding hydrogens is 373 g/mol. The van der Waals surface area contributed by atoms with Crippen LogP contribution in [0, 0.1) is 0 Å². The van der Waals surface area contributed by atoms with Gasteiger partial charge in [0.1, 0.15) is 5.02 Å². The Morgan fingerprint density at radius 1 is 1.27 bits per heavy atom. The standard InChI is InChI=1S/C17H12ClF3N2O3/c1-8-11-4-9(2-3-13(11)22-15(8)25)14(24)7-23-6-10(17(19,20)21)5-12(18)16(23)26/h2-6,8H,7H2,1H3,(H,22,25)/t8-/m1/s1. The smallest absolute Gasteiger partial charge is 0.325 e. The van der Waals surface area contributed by atoms with Gasteiger partial charge in [-0.3, -0.25) is 14.4 Å². The summed E-state index contributed by atoms with van der Waals surface area (Å²) in [5, 5.41) is 2.04. The van der Waals surface area contributed by atoms with Crippen molar-refractivity contribution in [2.75, 3.05) is 5.32 Å². The van der Waals surface area contributed by atoms with E-state index in [0.29, 0.717) is 28.1 Å². The van der Waals surface area contributed by atoms with Gasteiger partial charge in [-0.15, -0.1) is 0 Å². The fourth-order valence-electron chi connectivity index (χ4n) is 2.71. The molecule has 3 rings (SSSR count). The molecule has 1 aliphatic rings. The van der Waals surface area contributed by atoms with Gasteiger partial charge in [-0.1, -0.05) is 11.6 Å². The molecule has 0 unspecified atom stereocenters. The number of nitrogens with zero attached hydrogens (tertiary/aromatic N) is 1. The van der Waals surface area contributed by atoms with E-state index in [2.05, 4.69) is 5.32 Å². The van der Waals surface area contributed by atoms with E-state index < -0.39 is 40.6 Å². The highest BCUT2D eigenvalue weighted by molar-refractivity contribution is 6.30. The first-order valence-electron chi connectivity index (χ1n) is 7.53. The number of pyridine rings is 1. The van der Waals surface area contributed by atoms with Gasteiger partial charge in [0.05, 0.1) is 18.0 Å². The van der Waals surface area contributed by atoms with Gasteiger partial charge in [0.25, 0.3) is 5.56 Å². The second-order valence-corrected chi connectivity index (χ2v) is 6.35. The fraction of sp³-hybridized carbons (Fsp3) is 0.235. The summed E-state index contributed by atoms with van der Waals surface area (Å²) in [5.41, 5.74) is -0.618. The number of halogens is 4. The molecule has 0 aliphatic carbocycles. The predicted octanol–water partition coefficient (Wildman–Crippen LogP) is 3.46. The van der Waals surface area contributed by atoms with Gasteiger partial charge in [0.15, 0.2) is 5.78 Å². The number of rotatable bonds is 3. The zero-order chi connectivity index (χ0) is 19.2. The number of Topliss-reactive ketones (excluding diaryl/α,β-unsaturated/α-hetero) is 1. The van der Waals surface area contributed by atoms with Crippen LogP contribution in [-0.4, -0.2) is 16.3 Å². The Hall–Kier alpha value is -2.61. The van der Waals surface area contributed by atoms with E-state index >= 15 is 0 Å².